The summed E-state index contributed by atoms with van der Waals surface area (Å²) in [5.41, 5.74) is 10.8. The molecule has 8 nitrogen and oxygen atoms in total. The zero-order chi connectivity index (χ0) is 24.2. The summed E-state index contributed by atoms with van der Waals surface area (Å²) in [7, 11) is 1.60. The Morgan fingerprint density at radius 1 is 1.00 bits per heavy atom. The number of ether oxygens (including phenoxy) is 1. The summed E-state index contributed by atoms with van der Waals surface area (Å²) in [5.74, 6) is 0.514. The highest BCUT2D eigenvalue weighted by Crippen LogP contribution is 2.28. The number of fused-ring (bicyclic) bond motifs is 2. The molecule has 8 heteroatoms. The van der Waals surface area contributed by atoms with Gasteiger partial charge in [-0.3, -0.25) is 4.79 Å². The first-order chi connectivity index (χ1) is 17.2. The van der Waals surface area contributed by atoms with Crippen LogP contribution in [-0.4, -0.2) is 40.4 Å². The Morgan fingerprint density at radius 3 is 2.46 bits per heavy atom. The van der Waals surface area contributed by atoms with Crippen molar-refractivity contribution in [1.82, 2.24) is 20.0 Å². The van der Waals surface area contributed by atoms with E-state index < -0.39 is 0 Å². The number of para-hydroxylation sites is 3. The number of nitrogens with two attached hydrogens (primary N) is 1. The molecule has 0 aliphatic carbocycles. The van der Waals surface area contributed by atoms with Gasteiger partial charge in [-0.1, -0.05) is 54.6 Å². The molecule has 2 aromatic heterocycles. The Bertz CT molecular complexity index is 1540. The van der Waals surface area contributed by atoms with E-state index in [0.29, 0.717) is 40.9 Å². The summed E-state index contributed by atoms with van der Waals surface area (Å²) in [4.78, 5) is 22.7. The van der Waals surface area contributed by atoms with Crippen molar-refractivity contribution < 1.29 is 9.53 Å². The maximum atomic E-state index is 13.2. The van der Waals surface area contributed by atoms with Crippen molar-refractivity contribution in [2.75, 3.05) is 19.4 Å². The van der Waals surface area contributed by atoms with Crippen LogP contribution in [0.4, 0.5) is 5.82 Å². The van der Waals surface area contributed by atoms with Crippen LogP contribution in [0.3, 0.4) is 0 Å². The highest BCUT2D eigenvalue weighted by Gasteiger charge is 2.24. The molecule has 0 aliphatic heterocycles. The fourth-order valence-corrected chi connectivity index (χ4v) is 3.93. The number of methoxy groups -OCH3 is 1. The number of rotatable bonds is 7. The first-order valence-electron chi connectivity index (χ1n) is 11.2. The number of hydrogen-bond acceptors (Lipinski definition) is 6. The van der Waals surface area contributed by atoms with E-state index in [-0.39, 0.29) is 17.3 Å². The molecule has 3 aromatic carbocycles. The molecule has 5 aromatic rings. The number of hydrogen-bond donors (Lipinski definition) is 2. The Kier molecular flexibility index (Phi) is 6.09. The molecule has 0 aliphatic rings. The second kappa shape index (κ2) is 9.64. The van der Waals surface area contributed by atoms with Gasteiger partial charge in [-0.25, -0.2) is 9.97 Å². The van der Waals surface area contributed by atoms with Crippen LogP contribution in [0.2, 0.25) is 0 Å². The second-order valence-corrected chi connectivity index (χ2v) is 7.93. The van der Waals surface area contributed by atoms with Gasteiger partial charge in [0.2, 0.25) is 0 Å². The number of nitrogens with one attached hydrogen (secondary N) is 1. The third-order valence-electron chi connectivity index (χ3n) is 5.69. The van der Waals surface area contributed by atoms with E-state index in [2.05, 4.69) is 10.4 Å². The molecule has 1 amide bonds. The highest BCUT2D eigenvalue weighted by atomic mass is 16.5. The third kappa shape index (κ3) is 4.41. The van der Waals surface area contributed by atoms with Gasteiger partial charge in [-0.05, 0) is 36.2 Å². The minimum absolute atomic E-state index is 0.165. The largest absolute Gasteiger partial charge is 0.496 e. The molecule has 0 saturated heterocycles. The van der Waals surface area contributed by atoms with Gasteiger partial charge in [-0.2, -0.15) is 9.78 Å². The average molecular weight is 465 g/mol. The van der Waals surface area contributed by atoms with Crippen molar-refractivity contribution in [3.05, 3.63) is 95.6 Å². The van der Waals surface area contributed by atoms with Crippen LogP contribution < -0.4 is 15.8 Å². The molecule has 3 N–H and O–H groups in total. The predicted molar refractivity (Wildman–Crippen MR) is 138 cm³/mol. The zero-order valence-electron chi connectivity index (χ0n) is 19.2. The number of nitrogen functional groups attached to an aromatic ring is 1. The maximum absolute atomic E-state index is 13.2. The molecule has 0 bridgehead atoms. The van der Waals surface area contributed by atoms with E-state index in [1.165, 1.54) is 4.68 Å². The van der Waals surface area contributed by atoms with Crippen LogP contribution in [0.5, 0.6) is 5.75 Å². The first kappa shape index (κ1) is 22.1. The minimum atomic E-state index is -0.320. The van der Waals surface area contributed by atoms with Gasteiger partial charge in [0, 0.05) is 12.1 Å². The van der Waals surface area contributed by atoms with Crippen LogP contribution in [-0.2, 0) is 6.42 Å². The summed E-state index contributed by atoms with van der Waals surface area (Å²) >= 11 is 0. The van der Waals surface area contributed by atoms with Crippen molar-refractivity contribution in [2.24, 2.45) is 5.10 Å². The molecule has 2 heterocycles. The molecular weight excluding hydrogens is 440 g/mol. The molecule has 0 saturated carbocycles. The fourth-order valence-electron chi connectivity index (χ4n) is 3.93. The van der Waals surface area contributed by atoms with Gasteiger partial charge < -0.3 is 15.8 Å². The fraction of sp³-hybridized carbons (Fsp3) is 0.111. The SMILES string of the molecule is COc1ccccc1/C=N/n1c(N)c(C(=O)NCCc2ccccc2)c2nc3ccccc3nc21. The van der Waals surface area contributed by atoms with E-state index in [9.17, 15) is 4.79 Å². The number of nitrogens with zero attached hydrogens (tertiary/aromatic N) is 4. The molecule has 0 atom stereocenters. The maximum Gasteiger partial charge on any atom is 0.257 e. The average Bonchev–Trinajstić information content (AvgIpc) is 3.16. The number of carbonyl (C=O) groups excluding carboxylic acids is 1. The van der Waals surface area contributed by atoms with Crippen LogP contribution >= 0.6 is 0 Å². The minimum Gasteiger partial charge on any atom is -0.496 e. The number of aromatic nitrogens is 3. The standard InChI is InChI=1S/C27H24N6O2/c1-35-22-14-8-5-11-19(22)17-30-33-25(28)23(27(34)29-16-15-18-9-3-2-4-10-18)24-26(33)32-21-13-7-6-12-20(21)31-24/h2-14,17H,15-16,28H2,1H3,(H,29,34)/b30-17+. The lowest BCUT2D eigenvalue weighted by atomic mass is 10.1. The summed E-state index contributed by atoms with van der Waals surface area (Å²) < 4.78 is 6.86. The lowest BCUT2D eigenvalue weighted by Crippen LogP contribution is -2.26. The van der Waals surface area contributed by atoms with Crippen LogP contribution in [0.1, 0.15) is 21.5 Å². The number of benzene rings is 3. The topological polar surface area (TPSA) is 107 Å². The van der Waals surface area contributed by atoms with E-state index in [4.69, 9.17) is 20.4 Å². The van der Waals surface area contributed by atoms with Crippen molar-refractivity contribution >= 4 is 40.1 Å². The molecule has 0 unspecified atom stereocenters. The summed E-state index contributed by atoms with van der Waals surface area (Å²) in [6, 6.07) is 24.9. The quantitative estimate of drug-likeness (QED) is 0.354. The van der Waals surface area contributed by atoms with E-state index in [1.807, 2.05) is 78.9 Å². The van der Waals surface area contributed by atoms with Crippen molar-refractivity contribution in [1.29, 1.82) is 0 Å². The van der Waals surface area contributed by atoms with E-state index >= 15 is 0 Å². The molecule has 35 heavy (non-hydrogen) atoms. The summed E-state index contributed by atoms with van der Waals surface area (Å²) in [6.07, 6.45) is 2.33. The molecule has 5 rings (SSSR count). The van der Waals surface area contributed by atoms with Gasteiger partial charge in [-0.15, -0.1) is 0 Å². The Labute approximate surface area is 202 Å². The van der Waals surface area contributed by atoms with Gasteiger partial charge in [0.25, 0.3) is 5.91 Å². The second-order valence-electron chi connectivity index (χ2n) is 7.93. The summed E-state index contributed by atoms with van der Waals surface area (Å²) in [5, 5.41) is 7.52. The van der Waals surface area contributed by atoms with Crippen molar-refractivity contribution in [3.8, 4) is 5.75 Å². The number of anilines is 1. The molecule has 174 valence electrons. The van der Waals surface area contributed by atoms with Gasteiger partial charge in [0.15, 0.2) is 5.65 Å². The number of carbonyl (C=O) groups is 1. The van der Waals surface area contributed by atoms with Gasteiger partial charge >= 0.3 is 0 Å². The number of amides is 1. The van der Waals surface area contributed by atoms with Gasteiger partial charge in [0.1, 0.15) is 22.6 Å². The Morgan fingerprint density at radius 2 is 1.69 bits per heavy atom. The molecule has 0 radical (unpaired) electrons. The third-order valence-corrected chi connectivity index (χ3v) is 5.69. The van der Waals surface area contributed by atoms with Crippen molar-refractivity contribution in [3.63, 3.8) is 0 Å². The Balaban J connectivity index is 1.55. The lowest BCUT2D eigenvalue weighted by Gasteiger charge is -2.06. The van der Waals surface area contributed by atoms with E-state index in [0.717, 1.165) is 11.1 Å². The first-order valence-corrected chi connectivity index (χ1v) is 11.2. The zero-order valence-corrected chi connectivity index (χ0v) is 19.2. The predicted octanol–water partition coefficient (Wildman–Crippen LogP) is 4.03. The van der Waals surface area contributed by atoms with Crippen LogP contribution in [0.25, 0.3) is 22.2 Å². The van der Waals surface area contributed by atoms with Crippen molar-refractivity contribution in [2.45, 2.75) is 6.42 Å². The molecule has 0 fully saturated rings. The van der Waals surface area contributed by atoms with Gasteiger partial charge in [0.05, 0.1) is 24.4 Å². The molecule has 0 spiro atoms. The van der Waals surface area contributed by atoms with E-state index in [1.54, 1.807) is 13.3 Å². The highest BCUT2D eigenvalue weighted by molar-refractivity contribution is 6.10. The smallest absolute Gasteiger partial charge is 0.257 e. The Hall–Kier alpha value is -4.72. The lowest BCUT2D eigenvalue weighted by molar-refractivity contribution is 0.0956. The van der Waals surface area contributed by atoms with Crippen LogP contribution in [0, 0.1) is 0 Å². The monoisotopic (exact) mass is 464 g/mol. The van der Waals surface area contributed by atoms with Crippen LogP contribution in [0.15, 0.2) is 84.0 Å². The molecular formula is C27H24N6O2. The summed E-state index contributed by atoms with van der Waals surface area (Å²) in [6.45, 7) is 0.459. The normalized spacial score (nSPS) is 11.3.